The molecule has 1 N–H and O–H groups in total. The lowest BCUT2D eigenvalue weighted by Crippen LogP contribution is -2.10. The number of methoxy groups -OCH3 is 1. The molecule has 0 saturated heterocycles. The first-order valence-electron chi connectivity index (χ1n) is 5.01. The minimum atomic E-state index is -0.0102. The molecule has 0 bridgehead atoms. The first-order valence-corrected chi connectivity index (χ1v) is 5.01. The number of phenols is 1. The summed E-state index contributed by atoms with van der Waals surface area (Å²) < 4.78 is 10.1. The van der Waals surface area contributed by atoms with Crippen LogP contribution in [0.1, 0.15) is 0 Å². The summed E-state index contributed by atoms with van der Waals surface area (Å²) in [5.74, 6) is 1.06. The van der Waals surface area contributed by atoms with Gasteiger partial charge in [-0.05, 0) is 17.3 Å². The van der Waals surface area contributed by atoms with Crippen LogP contribution < -0.4 is 9.64 Å². The van der Waals surface area contributed by atoms with Crippen molar-refractivity contribution in [3.05, 3.63) is 18.2 Å². The van der Waals surface area contributed by atoms with Gasteiger partial charge in [0.1, 0.15) is 0 Å². The summed E-state index contributed by atoms with van der Waals surface area (Å²) in [5, 5.41) is 13.7. The maximum atomic E-state index is 9.92. The normalized spacial score (nSPS) is 10.3. The Kier molecular flexibility index (Phi) is 2.86. The van der Waals surface area contributed by atoms with Gasteiger partial charge in [0.15, 0.2) is 11.5 Å². The molecule has 0 aliphatic rings. The number of hydrogen-bond donors (Lipinski definition) is 1. The average Bonchev–Trinajstić information content (AvgIpc) is 2.78. The molecule has 0 amide bonds. The van der Waals surface area contributed by atoms with Gasteiger partial charge in [-0.15, -0.1) is 0 Å². The summed E-state index contributed by atoms with van der Waals surface area (Å²) >= 11 is 0. The molecule has 0 unspecified atom stereocenters. The highest BCUT2D eigenvalue weighted by atomic mass is 16.5. The Bertz CT molecular complexity index is 522. The van der Waals surface area contributed by atoms with Gasteiger partial charge in [-0.2, -0.15) is 4.98 Å². The van der Waals surface area contributed by atoms with E-state index in [2.05, 4.69) is 10.1 Å². The van der Waals surface area contributed by atoms with E-state index >= 15 is 0 Å². The predicted molar refractivity (Wildman–Crippen MR) is 62.3 cm³/mol. The van der Waals surface area contributed by atoms with Crippen molar-refractivity contribution >= 4 is 5.95 Å². The molecule has 0 aliphatic heterocycles. The summed E-state index contributed by atoms with van der Waals surface area (Å²) in [4.78, 5) is 5.86. The molecule has 0 spiro atoms. The van der Waals surface area contributed by atoms with Crippen LogP contribution in [-0.4, -0.2) is 36.5 Å². The molecule has 0 aliphatic carbocycles. The van der Waals surface area contributed by atoms with Crippen LogP contribution in [0.4, 0.5) is 5.95 Å². The van der Waals surface area contributed by atoms with Crippen molar-refractivity contribution in [1.29, 1.82) is 0 Å². The number of hydrogen-bond acceptors (Lipinski definition) is 6. The lowest BCUT2D eigenvalue weighted by Gasteiger charge is -2.05. The Hall–Kier alpha value is -2.24. The number of aromatic hydroxyl groups is 1. The summed E-state index contributed by atoms with van der Waals surface area (Å²) in [5.41, 5.74) is 0.449. The quantitative estimate of drug-likeness (QED) is 0.869. The number of aromatic nitrogens is 2. The maximum Gasteiger partial charge on any atom is 0.265 e. The van der Waals surface area contributed by atoms with Gasteiger partial charge in [0.05, 0.1) is 12.7 Å². The lowest BCUT2D eigenvalue weighted by atomic mass is 10.2. The third-order valence-electron chi connectivity index (χ3n) is 2.26. The van der Waals surface area contributed by atoms with Gasteiger partial charge in [-0.25, -0.2) is 0 Å². The molecule has 2 aromatic rings. The zero-order valence-electron chi connectivity index (χ0n) is 9.84. The van der Waals surface area contributed by atoms with Crippen molar-refractivity contribution in [1.82, 2.24) is 10.1 Å². The molecule has 0 fully saturated rings. The second-order valence-electron chi connectivity index (χ2n) is 3.65. The summed E-state index contributed by atoms with van der Waals surface area (Å²) in [6.07, 6.45) is 0. The zero-order chi connectivity index (χ0) is 12.4. The Morgan fingerprint density at radius 3 is 2.71 bits per heavy atom. The Balaban J connectivity index is 2.45. The Morgan fingerprint density at radius 1 is 1.35 bits per heavy atom. The van der Waals surface area contributed by atoms with E-state index in [0.29, 0.717) is 17.3 Å². The third kappa shape index (κ3) is 2.01. The highest BCUT2D eigenvalue weighted by Crippen LogP contribution is 2.36. The van der Waals surface area contributed by atoms with E-state index in [-0.39, 0.29) is 11.6 Å². The second kappa shape index (κ2) is 4.32. The smallest absolute Gasteiger partial charge is 0.265 e. The van der Waals surface area contributed by atoms with Crippen LogP contribution in [-0.2, 0) is 0 Å². The van der Waals surface area contributed by atoms with Gasteiger partial charge in [-0.3, -0.25) is 0 Å². The van der Waals surface area contributed by atoms with Crippen LogP contribution in [0.5, 0.6) is 11.5 Å². The molecule has 0 radical (unpaired) electrons. The molecular weight excluding hydrogens is 222 g/mol. The van der Waals surface area contributed by atoms with E-state index in [4.69, 9.17) is 9.26 Å². The zero-order valence-corrected chi connectivity index (χ0v) is 9.84. The van der Waals surface area contributed by atoms with Crippen LogP contribution in [0.3, 0.4) is 0 Å². The molecule has 1 aromatic heterocycles. The van der Waals surface area contributed by atoms with Gasteiger partial charge in [0.2, 0.25) is 0 Å². The van der Waals surface area contributed by atoms with Crippen molar-refractivity contribution in [2.45, 2.75) is 0 Å². The van der Waals surface area contributed by atoms with E-state index in [9.17, 15) is 5.11 Å². The van der Waals surface area contributed by atoms with Crippen molar-refractivity contribution in [3.8, 4) is 23.0 Å². The van der Waals surface area contributed by atoms with Gasteiger partial charge >= 0.3 is 0 Å². The molecule has 1 aromatic carbocycles. The second-order valence-corrected chi connectivity index (χ2v) is 3.65. The van der Waals surface area contributed by atoms with Crippen LogP contribution >= 0.6 is 0 Å². The van der Waals surface area contributed by atoms with E-state index in [1.807, 2.05) is 0 Å². The van der Waals surface area contributed by atoms with Crippen LogP contribution in [0.25, 0.3) is 11.5 Å². The standard InChI is InChI=1S/C11H13N3O3/c1-14(2)11-12-10(17-13-11)7-5-4-6-8(16-3)9(7)15/h4-6,15H,1-3H3. The number of para-hydroxylation sites is 1. The fourth-order valence-corrected chi connectivity index (χ4v) is 1.37. The fourth-order valence-electron chi connectivity index (χ4n) is 1.37. The number of benzene rings is 1. The molecule has 17 heavy (non-hydrogen) atoms. The summed E-state index contributed by atoms with van der Waals surface area (Å²) in [6.45, 7) is 0. The maximum absolute atomic E-state index is 9.92. The topological polar surface area (TPSA) is 71.6 Å². The highest BCUT2D eigenvalue weighted by molar-refractivity contribution is 5.67. The molecule has 90 valence electrons. The predicted octanol–water partition coefficient (Wildman–Crippen LogP) is 1.52. The van der Waals surface area contributed by atoms with Crippen molar-refractivity contribution in [2.75, 3.05) is 26.1 Å². The summed E-state index contributed by atoms with van der Waals surface area (Å²) in [7, 11) is 5.10. The van der Waals surface area contributed by atoms with Crippen molar-refractivity contribution in [3.63, 3.8) is 0 Å². The van der Waals surface area contributed by atoms with E-state index in [1.165, 1.54) is 7.11 Å². The minimum absolute atomic E-state index is 0.0102. The molecule has 1 heterocycles. The number of nitrogens with zero attached hydrogens (tertiary/aromatic N) is 3. The molecule has 0 saturated carbocycles. The monoisotopic (exact) mass is 235 g/mol. The number of phenolic OH excluding ortho intramolecular Hbond substituents is 1. The average molecular weight is 235 g/mol. The van der Waals surface area contributed by atoms with Gasteiger partial charge in [-0.1, -0.05) is 6.07 Å². The van der Waals surface area contributed by atoms with Crippen LogP contribution in [0.15, 0.2) is 22.7 Å². The highest BCUT2D eigenvalue weighted by Gasteiger charge is 2.16. The molecular formula is C11H13N3O3. The molecule has 0 atom stereocenters. The van der Waals surface area contributed by atoms with Crippen molar-refractivity contribution < 1.29 is 14.4 Å². The van der Waals surface area contributed by atoms with E-state index in [0.717, 1.165) is 0 Å². The van der Waals surface area contributed by atoms with E-state index in [1.54, 1.807) is 37.2 Å². The first-order chi connectivity index (χ1) is 8.13. The number of anilines is 1. The minimum Gasteiger partial charge on any atom is -0.504 e. The SMILES string of the molecule is COc1cccc(-c2nc(N(C)C)no2)c1O. The van der Waals surface area contributed by atoms with Crippen LogP contribution in [0, 0.1) is 0 Å². The van der Waals surface area contributed by atoms with E-state index < -0.39 is 0 Å². The number of rotatable bonds is 3. The molecule has 6 nitrogen and oxygen atoms in total. The van der Waals surface area contributed by atoms with Gasteiger partial charge in [0.25, 0.3) is 11.8 Å². The first kappa shape index (κ1) is 11.3. The van der Waals surface area contributed by atoms with Gasteiger partial charge in [0, 0.05) is 14.1 Å². The van der Waals surface area contributed by atoms with Gasteiger partial charge < -0.3 is 19.3 Å². The van der Waals surface area contributed by atoms with Crippen molar-refractivity contribution in [2.24, 2.45) is 0 Å². The largest absolute Gasteiger partial charge is 0.504 e. The summed E-state index contributed by atoms with van der Waals surface area (Å²) in [6, 6.07) is 5.08. The Labute approximate surface area is 98.4 Å². The Morgan fingerprint density at radius 2 is 2.12 bits per heavy atom. The third-order valence-corrected chi connectivity index (χ3v) is 2.26. The molecule has 6 heteroatoms. The lowest BCUT2D eigenvalue weighted by molar-refractivity contribution is 0.371. The van der Waals surface area contributed by atoms with Crippen LogP contribution in [0.2, 0.25) is 0 Å². The fraction of sp³-hybridized carbons (Fsp3) is 0.273. The molecule has 2 rings (SSSR count). The number of ether oxygens (including phenoxy) is 1.